The maximum atomic E-state index is 12.4. The Morgan fingerprint density at radius 2 is 1.97 bits per heavy atom. The first kappa shape index (κ1) is 21.0. The number of hydrogen-bond donors (Lipinski definition) is 1. The van der Waals surface area contributed by atoms with Gasteiger partial charge in [-0.2, -0.15) is 5.10 Å². The molecule has 2 aromatic heterocycles. The molecule has 154 valence electrons. The smallest absolute Gasteiger partial charge is 0.348 e. The summed E-state index contributed by atoms with van der Waals surface area (Å²) in [5.74, 6) is -0.757. The molecule has 0 aliphatic carbocycles. The molecular formula is C22H27N3O3S. The lowest BCUT2D eigenvalue weighted by Gasteiger charge is -2.12. The highest BCUT2D eigenvalue weighted by molar-refractivity contribution is 7.20. The van der Waals surface area contributed by atoms with Crippen molar-refractivity contribution in [1.82, 2.24) is 15.1 Å². The Balaban J connectivity index is 1.68. The second-order valence-electron chi connectivity index (χ2n) is 7.39. The van der Waals surface area contributed by atoms with Crippen LogP contribution in [0.4, 0.5) is 0 Å². The largest absolute Gasteiger partial charge is 0.451 e. The Bertz CT molecular complexity index is 1000. The second kappa shape index (κ2) is 9.22. The third kappa shape index (κ3) is 5.23. The molecule has 0 spiro atoms. The molecular weight excluding hydrogens is 386 g/mol. The zero-order valence-electron chi connectivity index (χ0n) is 17.3. The molecule has 3 rings (SSSR count). The van der Waals surface area contributed by atoms with Crippen molar-refractivity contribution >= 4 is 33.4 Å². The summed E-state index contributed by atoms with van der Waals surface area (Å²) < 4.78 is 7.12. The van der Waals surface area contributed by atoms with Gasteiger partial charge in [0.1, 0.15) is 9.71 Å². The number of carbonyl (C=O) groups excluding carboxylic acids is 2. The van der Waals surface area contributed by atoms with Crippen LogP contribution in [0.15, 0.2) is 30.3 Å². The Kier molecular flexibility index (Phi) is 6.69. The number of rotatable bonds is 8. The number of carbonyl (C=O) groups is 2. The van der Waals surface area contributed by atoms with Crippen LogP contribution in [0.3, 0.4) is 0 Å². The summed E-state index contributed by atoms with van der Waals surface area (Å²) in [7, 11) is 0. The summed E-state index contributed by atoms with van der Waals surface area (Å²) in [6, 6.07) is 10.2. The van der Waals surface area contributed by atoms with Crippen molar-refractivity contribution in [2.24, 2.45) is 0 Å². The molecule has 0 aliphatic rings. The lowest BCUT2D eigenvalue weighted by Crippen LogP contribution is -2.35. The molecule has 0 radical (unpaired) electrons. The summed E-state index contributed by atoms with van der Waals surface area (Å²) in [4.78, 5) is 25.8. The van der Waals surface area contributed by atoms with Gasteiger partial charge in [0, 0.05) is 11.4 Å². The van der Waals surface area contributed by atoms with Gasteiger partial charge >= 0.3 is 5.97 Å². The van der Waals surface area contributed by atoms with E-state index in [0.717, 1.165) is 34.3 Å². The van der Waals surface area contributed by atoms with Gasteiger partial charge in [0.05, 0.1) is 12.2 Å². The number of fused-ring (bicyclic) bond motifs is 1. The van der Waals surface area contributed by atoms with Gasteiger partial charge in [0.2, 0.25) is 0 Å². The van der Waals surface area contributed by atoms with Gasteiger partial charge in [-0.15, -0.1) is 11.3 Å². The molecule has 6 nitrogen and oxygen atoms in total. The normalized spacial score (nSPS) is 12.1. The number of thiophene rings is 1. The van der Waals surface area contributed by atoms with Crippen LogP contribution >= 0.6 is 11.3 Å². The number of hydrogen-bond acceptors (Lipinski definition) is 5. The molecule has 0 bridgehead atoms. The molecule has 0 saturated carbocycles. The van der Waals surface area contributed by atoms with Crippen molar-refractivity contribution in [3.63, 3.8) is 0 Å². The Hall–Kier alpha value is -2.67. The fourth-order valence-corrected chi connectivity index (χ4v) is 4.27. The van der Waals surface area contributed by atoms with Crippen LogP contribution in [-0.2, 0) is 16.1 Å². The molecule has 1 amide bonds. The molecule has 0 aliphatic heterocycles. The van der Waals surface area contributed by atoms with Crippen LogP contribution in [0.25, 0.3) is 10.2 Å². The lowest BCUT2D eigenvalue weighted by molar-refractivity contribution is -0.124. The first-order chi connectivity index (χ1) is 13.9. The van der Waals surface area contributed by atoms with Gasteiger partial charge in [0.25, 0.3) is 5.91 Å². The minimum atomic E-state index is -0.481. The molecule has 0 unspecified atom stereocenters. The predicted molar refractivity (Wildman–Crippen MR) is 115 cm³/mol. The van der Waals surface area contributed by atoms with Gasteiger partial charge in [-0.3, -0.25) is 9.48 Å². The molecule has 1 N–H and O–H groups in total. The van der Waals surface area contributed by atoms with Gasteiger partial charge < -0.3 is 10.1 Å². The summed E-state index contributed by atoms with van der Waals surface area (Å²) in [6.07, 6.45) is 1.88. The maximum absolute atomic E-state index is 12.4. The highest BCUT2D eigenvalue weighted by Gasteiger charge is 2.18. The summed E-state index contributed by atoms with van der Waals surface area (Å²) in [5, 5.41) is 8.37. The lowest BCUT2D eigenvalue weighted by atomic mass is 10.1. The number of nitrogens with zero attached hydrogens (tertiary/aromatic N) is 2. The van der Waals surface area contributed by atoms with E-state index >= 15 is 0 Å². The Morgan fingerprint density at radius 1 is 1.24 bits per heavy atom. The standard InChI is InChI=1S/C22H27N3O3S/c1-5-6-15(3)23-20(26)13-28-22(27)19-11-18-16(4)24-25(21(18)29-19)12-17-9-7-14(2)8-10-17/h7-11,15H,5-6,12-13H2,1-4H3,(H,23,26)/t15-/m0/s1. The molecule has 1 aromatic carbocycles. The third-order valence-corrected chi connectivity index (χ3v) is 5.85. The van der Waals surface area contributed by atoms with Crippen LogP contribution in [-0.4, -0.2) is 34.3 Å². The zero-order valence-corrected chi connectivity index (χ0v) is 18.1. The molecule has 0 fully saturated rings. The molecule has 7 heteroatoms. The molecule has 29 heavy (non-hydrogen) atoms. The van der Waals surface area contributed by atoms with E-state index in [1.807, 2.05) is 18.5 Å². The molecule has 0 saturated heterocycles. The van der Waals surface area contributed by atoms with Crippen molar-refractivity contribution in [3.05, 3.63) is 52.0 Å². The number of aromatic nitrogens is 2. The predicted octanol–water partition coefficient (Wildman–Crippen LogP) is 4.22. The van der Waals surface area contributed by atoms with Crippen molar-refractivity contribution in [3.8, 4) is 0 Å². The number of nitrogens with one attached hydrogen (secondary N) is 1. The van der Waals surface area contributed by atoms with E-state index in [9.17, 15) is 9.59 Å². The number of benzene rings is 1. The quantitative estimate of drug-likeness (QED) is 0.561. The maximum Gasteiger partial charge on any atom is 0.348 e. The van der Waals surface area contributed by atoms with Crippen LogP contribution in [0.1, 0.15) is 53.2 Å². The summed E-state index contributed by atoms with van der Waals surface area (Å²) >= 11 is 1.34. The summed E-state index contributed by atoms with van der Waals surface area (Å²) in [5.41, 5.74) is 3.23. The van der Waals surface area contributed by atoms with E-state index in [1.165, 1.54) is 16.9 Å². The molecule has 2 heterocycles. The first-order valence-electron chi connectivity index (χ1n) is 9.86. The van der Waals surface area contributed by atoms with E-state index in [2.05, 4.69) is 48.5 Å². The van der Waals surface area contributed by atoms with E-state index in [1.54, 1.807) is 6.07 Å². The van der Waals surface area contributed by atoms with E-state index in [4.69, 9.17) is 4.74 Å². The third-order valence-electron chi connectivity index (χ3n) is 4.72. The SMILES string of the molecule is CCC[C@H](C)NC(=O)COC(=O)c1cc2c(C)nn(Cc3ccc(C)cc3)c2s1. The van der Waals surface area contributed by atoms with Crippen molar-refractivity contribution in [2.45, 2.75) is 53.1 Å². The Morgan fingerprint density at radius 3 is 2.66 bits per heavy atom. The van der Waals surface area contributed by atoms with Gasteiger partial charge in [-0.25, -0.2) is 4.79 Å². The highest BCUT2D eigenvalue weighted by Crippen LogP contribution is 2.29. The second-order valence-corrected chi connectivity index (χ2v) is 8.42. The average Bonchev–Trinajstić information content (AvgIpc) is 3.23. The molecule has 3 aromatic rings. The number of esters is 1. The van der Waals surface area contributed by atoms with Crippen LogP contribution in [0, 0.1) is 13.8 Å². The van der Waals surface area contributed by atoms with E-state index in [0.29, 0.717) is 11.4 Å². The van der Waals surface area contributed by atoms with Gasteiger partial charge in [0.15, 0.2) is 6.61 Å². The number of aryl methyl sites for hydroxylation is 2. The van der Waals surface area contributed by atoms with Crippen LogP contribution < -0.4 is 5.32 Å². The average molecular weight is 414 g/mol. The van der Waals surface area contributed by atoms with Gasteiger partial charge in [-0.05, 0) is 38.8 Å². The van der Waals surface area contributed by atoms with Crippen molar-refractivity contribution in [1.29, 1.82) is 0 Å². The first-order valence-corrected chi connectivity index (χ1v) is 10.7. The fraction of sp³-hybridized carbons (Fsp3) is 0.409. The number of amides is 1. The highest BCUT2D eigenvalue weighted by atomic mass is 32.1. The van der Waals surface area contributed by atoms with E-state index < -0.39 is 5.97 Å². The Labute approximate surface area is 174 Å². The topological polar surface area (TPSA) is 73.2 Å². The minimum absolute atomic E-state index is 0.0749. The van der Waals surface area contributed by atoms with Crippen molar-refractivity contribution < 1.29 is 14.3 Å². The minimum Gasteiger partial charge on any atom is -0.451 e. The monoisotopic (exact) mass is 413 g/mol. The van der Waals surface area contributed by atoms with Crippen LogP contribution in [0.2, 0.25) is 0 Å². The van der Waals surface area contributed by atoms with Crippen LogP contribution in [0.5, 0.6) is 0 Å². The zero-order chi connectivity index (χ0) is 21.0. The fourth-order valence-electron chi connectivity index (χ4n) is 3.21. The number of ether oxygens (including phenoxy) is 1. The molecule has 1 atom stereocenters. The van der Waals surface area contributed by atoms with Gasteiger partial charge in [-0.1, -0.05) is 43.2 Å². The van der Waals surface area contributed by atoms with E-state index in [-0.39, 0.29) is 18.6 Å². The summed E-state index contributed by atoms with van der Waals surface area (Å²) in [6.45, 7) is 8.36. The van der Waals surface area contributed by atoms with Crippen molar-refractivity contribution in [2.75, 3.05) is 6.61 Å².